The van der Waals surface area contributed by atoms with Crippen molar-refractivity contribution in [3.63, 3.8) is 0 Å². The lowest BCUT2D eigenvalue weighted by Crippen LogP contribution is -2.44. The Hall–Kier alpha value is -1.28. The van der Waals surface area contributed by atoms with Gasteiger partial charge in [-0.15, -0.1) is 0 Å². The molecule has 116 valence electrons. The highest BCUT2D eigenvalue weighted by Gasteiger charge is 2.28. The molecule has 0 N–H and O–H groups in total. The highest BCUT2D eigenvalue weighted by Crippen LogP contribution is 2.33. The molecule has 0 aromatic heterocycles. The summed E-state index contributed by atoms with van der Waals surface area (Å²) < 4.78 is 23.6. The van der Waals surface area contributed by atoms with Crippen molar-refractivity contribution < 1.29 is 13.3 Å². The van der Waals surface area contributed by atoms with Crippen molar-refractivity contribution in [1.29, 1.82) is 0 Å². The number of sulfone groups is 1. The first-order valence-corrected chi connectivity index (χ1v) is 9.52. The van der Waals surface area contributed by atoms with E-state index in [0.717, 1.165) is 24.2 Å². The molecule has 1 aromatic carbocycles. The van der Waals surface area contributed by atoms with Gasteiger partial charge in [0.25, 0.3) is 5.69 Å². The Morgan fingerprint density at radius 2 is 2.05 bits per heavy atom. The van der Waals surface area contributed by atoms with Crippen LogP contribution in [0, 0.1) is 10.1 Å². The molecule has 21 heavy (non-hydrogen) atoms. The van der Waals surface area contributed by atoms with Gasteiger partial charge in [-0.25, -0.2) is 8.42 Å². The molecule has 6 nitrogen and oxygen atoms in total. The standard InChI is InChI=1S/C13H18N2O4S2/c1-9-10(2)20-7-6-14(9)11-4-5-12(15(16)17)13(8-11)21(3,18)19/h4-5,8-10H,6-7H2,1-3H3. The zero-order valence-corrected chi connectivity index (χ0v) is 13.8. The van der Waals surface area contributed by atoms with Gasteiger partial charge in [0.05, 0.1) is 4.92 Å². The number of hydrogen-bond acceptors (Lipinski definition) is 6. The lowest BCUT2D eigenvalue weighted by atomic mass is 10.1. The molecule has 1 saturated heterocycles. The molecule has 1 aliphatic rings. The van der Waals surface area contributed by atoms with E-state index in [4.69, 9.17) is 0 Å². The van der Waals surface area contributed by atoms with Crippen molar-refractivity contribution in [2.75, 3.05) is 23.5 Å². The van der Waals surface area contributed by atoms with Gasteiger partial charge < -0.3 is 4.90 Å². The van der Waals surface area contributed by atoms with Gasteiger partial charge in [0.2, 0.25) is 0 Å². The molecule has 0 radical (unpaired) electrons. The first kappa shape index (κ1) is 16.1. The molecule has 1 aromatic rings. The fourth-order valence-electron chi connectivity index (χ4n) is 2.43. The number of nitro groups is 1. The highest BCUT2D eigenvalue weighted by molar-refractivity contribution is 8.00. The van der Waals surface area contributed by atoms with Crippen LogP contribution < -0.4 is 4.90 Å². The van der Waals surface area contributed by atoms with Crippen molar-refractivity contribution in [3.05, 3.63) is 28.3 Å². The average Bonchev–Trinajstić information content (AvgIpc) is 2.40. The molecule has 2 atom stereocenters. The van der Waals surface area contributed by atoms with Gasteiger partial charge in [0.1, 0.15) is 4.90 Å². The van der Waals surface area contributed by atoms with Crippen molar-refractivity contribution in [3.8, 4) is 0 Å². The number of nitrogens with zero attached hydrogens (tertiary/aromatic N) is 2. The molecular weight excluding hydrogens is 312 g/mol. The number of anilines is 1. The Morgan fingerprint density at radius 1 is 1.38 bits per heavy atom. The predicted octanol–water partition coefficient (Wildman–Crippen LogP) is 2.33. The van der Waals surface area contributed by atoms with E-state index >= 15 is 0 Å². The van der Waals surface area contributed by atoms with Gasteiger partial charge >= 0.3 is 0 Å². The Balaban J connectivity index is 2.50. The van der Waals surface area contributed by atoms with Crippen LogP contribution in [0.4, 0.5) is 11.4 Å². The minimum atomic E-state index is -3.64. The Morgan fingerprint density at radius 3 is 2.62 bits per heavy atom. The molecule has 0 aliphatic carbocycles. The van der Waals surface area contributed by atoms with Crippen LogP contribution in [0.1, 0.15) is 13.8 Å². The number of nitro benzene ring substituents is 1. The second-order valence-corrected chi connectivity index (χ2v) is 8.66. The van der Waals surface area contributed by atoms with Gasteiger partial charge in [0, 0.05) is 41.6 Å². The third-order valence-corrected chi connectivity index (χ3v) is 6.22. The minimum absolute atomic E-state index is 0.219. The summed E-state index contributed by atoms with van der Waals surface area (Å²) in [4.78, 5) is 12.2. The van der Waals surface area contributed by atoms with Crippen molar-refractivity contribution in [1.82, 2.24) is 0 Å². The lowest BCUT2D eigenvalue weighted by Gasteiger charge is -2.39. The SMILES string of the molecule is CC1SCCN(c2ccc([N+](=O)[O-])c(S(C)(=O)=O)c2)C1C. The van der Waals surface area contributed by atoms with E-state index in [2.05, 4.69) is 18.7 Å². The summed E-state index contributed by atoms with van der Waals surface area (Å²) in [5.74, 6) is 0.955. The summed E-state index contributed by atoms with van der Waals surface area (Å²) in [6, 6.07) is 4.58. The second kappa shape index (κ2) is 5.84. The van der Waals surface area contributed by atoms with Crippen LogP contribution in [0.3, 0.4) is 0 Å². The smallest absolute Gasteiger partial charge is 0.288 e. The summed E-state index contributed by atoms with van der Waals surface area (Å²) in [6.07, 6.45) is 0.997. The monoisotopic (exact) mass is 330 g/mol. The Labute approximate surface area is 128 Å². The first-order valence-electron chi connectivity index (χ1n) is 6.58. The van der Waals surface area contributed by atoms with Gasteiger partial charge in [0.15, 0.2) is 9.84 Å². The number of hydrogen-bond donors (Lipinski definition) is 0. The molecule has 0 bridgehead atoms. The lowest BCUT2D eigenvalue weighted by molar-refractivity contribution is -0.387. The fourth-order valence-corrected chi connectivity index (χ4v) is 4.38. The van der Waals surface area contributed by atoms with Gasteiger partial charge in [-0.3, -0.25) is 10.1 Å². The molecule has 2 unspecified atom stereocenters. The van der Waals surface area contributed by atoms with Crippen molar-refractivity contribution >= 4 is 33.0 Å². The molecule has 2 rings (SSSR count). The van der Waals surface area contributed by atoms with E-state index in [0.29, 0.717) is 5.25 Å². The maximum atomic E-state index is 11.8. The summed E-state index contributed by atoms with van der Waals surface area (Å²) in [6.45, 7) is 5.01. The van der Waals surface area contributed by atoms with Crippen LogP contribution in [-0.2, 0) is 9.84 Å². The number of thioether (sulfide) groups is 1. The van der Waals surface area contributed by atoms with Crippen LogP contribution >= 0.6 is 11.8 Å². The second-order valence-electron chi connectivity index (χ2n) is 5.19. The largest absolute Gasteiger partial charge is 0.367 e. The van der Waals surface area contributed by atoms with Crippen LogP contribution in [0.2, 0.25) is 0 Å². The van der Waals surface area contributed by atoms with E-state index in [-0.39, 0.29) is 16.6 Å². The van der Waals surface area contributed by atoms with Crippen LogP contribution in [0.15, 0.2) is 23.1 Å². The highest BCUT2D eigenvalue weighted by atomic mass is 32.2. The third-order valence-electron chi connectivity index (χ3n) is 3.76. The third kappa shape index (κ3) is 3.32. The molecule has 8 heteroatoms. The average molecular weight is 330 g/mol. The van der Waals surface area contributed by atoms with Crippen LogP contribution in [0.5, 0.6) is 0 Å². The van der Waals surface area contributed by atoms with E-state index in [1.165, 1.54) is 12.1 Å². The maximum absolute atomic E-state index is 11.8. The predicted molar refractivity (Wildman–Crippen MR) is 84.9 cm³/mol. The molecule has 1 fully saturated rings. The topological polar surface area (TPSA) is 80.5 Å². The molecule has 0 spiro atoms. The molecule has 0 amide bonds. The van der Waals surface area contributed by atoms with Gasteiger partial charge in [-0.2, -0.15) is 11.8 Å². The maximum Gasteiger partial charge on any atom is 0.288 e. The van der Waals surface area contributed by atoms with Crippen molar-refractivity contribution in [2.45, 2.75) is 30.0 Å². The molecular formula is C13H18N2O4S2. The van der Waals surface area contributed by atoms with E-state index < -0.39 is 14.8 Å². The molecule has 1 heterocycles. The quantitative estimate of drug-likeness (QED) is 0.625. The number of benzene rings is 1. The Kier molecular flexibility index (Phi) is 4.48. The summed E-state index contributed by atoms with van der Waals surface area (Å²) in [5, 5.41) is 11.4. The number of rotatable bonds is 3. The van der Waals surface area contributed by atoms with E-state index in [1.54, 1.807) is 6.07 Å². The van der Waals surface area contributed by atoms with Gasteiger partial charge in [-0.05, 0) is 19.1 Å². The minimum Gasteiger partial charge on any atom is -0.367 e. The van der Waals surface area contributed by atoms with Crippen molar-refractivity contribution in [2.24, 2.45) is 0 Å². The zero-order chi connectivity index (χ0) is 15.8. The van der Waals surface area contributed by atoms with Crippen LogP contribution in [0.25, 0.3) is 0 Å². The molecule has 1 aliphatic heterocycles. The van der Waals surface area contributed by atoms with E-state index in [9.17, 15) is 18.5 Å². The van der Waals surface area contributed by atoms with Gasteiger partial charge in [-0.1, -0.05) is 6.92 Å². The normalized spacial score (nSPS) is 23.1. The summed E-state index contributed by atoms with van der Waals surface area (Å²) in [5.41, 5.74) is 0.356. The zero-order valence-electron chi connectivity index (χ0n) is 12.1. The summed E-state index contributed by atoms with van der Waals surface area (Å²) >= 11 is 1.87. The summed E-state index contributed by atoms with van der Waals surface area (Å²) in [7, 11) is -3.64. The van der Waals surface area contributed by atoms with E-state index in [1.807, 2.05) is 11.8 Å². The molecule has 0 saturated carbocycles. The fraction of sp³-hybridized carbons (Fsp3) is 0.538. The first-order chi connectivity index (χ1) is 9.71. The Bertz CT molecular complexity index is 660. The van der Waals surface area contributed by atoms with Crippen LogP contribution in [-0.4, -0.2) is 43.2 Å².